The lowest BCUT2D eigenvalue weighted by Gasteiger charge is -2.33. The summed E-state index contributed by atoms with van der Waals surface area (Å²) in [6, 6.07) is 10.2. The van der Waals surface area contributed by atoms with Crippen molar-refractivity contribution in [2.45, 2.75) is 49.8 Å². The van der Waals surface area contributed by atoms with Crippen LogP contribution in [-0.2, 0) is 14.6 Å². The smallest absolute Gasteiger partial charge is 0.238 e. The molecule has 1 aromatic carbocycles. The molecule has 0 spiro atoms. The normalized spacial score (nSPS) is 24.3. The minimum absolute atomic E-state index is 0.0258. The van der Waals surface area contributed by atoms with Crippen LogP contribution in [0.5, 0.6) is 0 Å². The molecule has 0 bridgehead atoms. The Balaban J connectivity index is 2.11. The molecule has 3 atom stereocenters. The van der Waals surface area contributed by atoms with E-state index in [-0.39, 0.29) is 17.9 Å². The van der Waals surface area contributed by atoms with Crippen LogP contribution in [0, 0.1) is 0 Å². The lowest BCUT2D eigenvalue weighted by molar-refractivity contribution is -0.121. The molecule has 0 aromatic heterocycles. The molecule has 0 unspecified atom stereocenters. The van der Waals surface area contributed by atoms with Crippen LogP contribution in [0.2, 0.25) is 0 Å². The van der Waals surface area contributed by atoms with Crippen LogP contribution in [0.4, 0.5) is 0 Å². The monoisotopic (exact) mass is 309 g/mol. The molecule has 1 aromatic rings. The van der Waals surface area contributed by atoms with E-state index in [1.807, 2.05) is 18.2 Å². The fraction of sp³-hybridized carbons (Fsp3) is 0.562. The van der Waals surface area contributed by atoms with E-state index < -0.39 is 15.1 Å². The number of rotatable bonds is 4. The Labute approximate surface area is 126 Å². The van der Waals surface area contributed by atoms with Gasteiger partial charge < -0.3 is 5.32 Å². The molecule has 21 heavy (non-hydrogen) atoms. The molecule has 0 saturated heterocycles. The summed E-state index contributed by atoms with van der Waals surface area (Å²) < 4.78 is 23.0. The van der Waals surface area contributed by atoms with Gasteiger partial charge in [0.2, 0.25) is 5.91 Å². The maximum Gasteiger partial charge on any atom is 0.238 e. The molecule has 0 heterocycles. The van der Waals surface area contributed by atoms with E-state index in [4.69, 9.17) is 0 Å². The highest BCUT2D eigenvalue weighted by Crippen LogP contribution is 2.33. The molecule has 0 radical (unpaired) electrons. The van der Waals surface area contributed by atoms with Crippen LogP contribution in [0.15, 0.2) is 30.3 Å². The third-order valence-corrected chi connectivity index (χ3v) is 5.83. The quantitative estimate of drug-likeness (QED) is 0.928. The molecular formula is C16H23NO3S. The fourth-order valence-corrected chi connectivity index (χ4v) is 3.35. The summed E-state index contributed by atoms with van der Waals surface area (Å²) >= 11 is 0. The molecule has 4 nitrogen and oxygen atoms in total. The summed E-state index contributed by atoms with van der Waals surface area (Å²) in [6.45, 7) is 1.45. The Morgan fingerprint density at radius 1 is 1.19 bits per heavy atom. The van der Waals surface area contributed by atoms with Crippen LogP contribution in [0.1, 0.15) is 44.1 Å². The van der Waals surface area contributed by atoms with Gasteiger partial charge in [0.1, 0.15) is 5.25 Å². The van der Waals surface area contributed by atoms with Crippen molar-refractivity contribution in [1.82, 2.24) is 5.32 Å². The molecule has 5 heteroatoms. The standard InChI is InChI=1S/C16H23NO3S/c1-12(21(2,19)20)16(18)17-15-11-7-6-10-14(15)13-8-4-3-5-9-13/h3-5,8-9,12,14-15H,6-7,10-11H2,1-2H3,(H,17,18)/t12-,14+,15+/m1/s1. The zero-order valence-electron chi connectivity index (χ0n) is 12.6. The number of benzene rings is 1. The Kier molecular flexibility index (Phi) is 5.04. The molecule has 1 saturated carbocycles. The molecular weight excluding hydrogens is 286 g/mol. The van der Waals surface area contributed by atoms with Crippen molar-refractivity contribution in [1.29, 1.82) is 0 Å². The zero-order valence-corrected chi connectivity index (χ0v) is 13.4. The van der Waals surface area contributed by atoms with Gasteiger partial charge in [0.15, 0.2) is 9.84 Å². The van der Waals surface area contributed by atoms with Crippen molar-refractivity contribution < 1.29 is 13.2 Å². The Bertz CT molecular complexity index is 583. The number of amides is 1. The topological polar surface area (TPSA) is 63.2 Å². The third kappa shape index (κ3) is 4.06. The van der Waals surface area contributed by atoms with Crippen LogP contribution in [0.25, 0.3) is 0 Å². The zero-order chi connectivity index (χ0) is 15.5. The van der Waals surface area contributed by atoms with Gasteiger partial charge in [-0.05, 0) is 25.3 Å². The second kappa shape index (κ2) is 6.60. The molecule has 0 aliphatic heterocycles. The Morgan fingerprint density at radius 2 is 1.81 bits per heavy atom. The van der Waals surface area contributed by atoms with Crippen LogP contribution in [0.3, 0.4) is 0 Å². The predicted molar refractivity (Wildman–Crippen MR) is 83.9 cm³/mol. The van der Waals surface area contributed by atoms with Crippen molar-refractivity contribution in [2.24, 2.45) is 0 Å². The Hall–Kier alpha value is -1.36. The van der Waals surface area contributed by atoms with Gasteiger partial charge in [-0.1, -0.05) is 43.2 Å². The van der Waals surface area contributed by atoms with E-state index in [0.29, 0.717) is 0 Å². The molecule has 2 rings (SSSR count). The maximum absolute atomic E-state index is 12.1. The van der Waals surface area contributed by atoms with Gasteiger partial charge in [-0.2, -0.15) is 0 Å². The lowest BCUT2D eigenvalue weighted by Crippen LogP contribution is -2.46. The highest BCUT2D eigenvalue weighted by molar-refractivity contribution is 7.92. The van der Waals surface area contributed by atoms with E-state index in [1.54, 1.807) is 0 Å². The first-order valence-electron chi connectivity index (χ1n) is 7.44. The summed E-state index contributed by atoms with van der Waals surface area (Å²) in [6.07, 6.45) is 5.26. The van der Waals surface area contributed by atoms with Crippen LogP contribution < -0.4 is 5.32 Å². The molecule has 1 aliphatic rings. The van der Waals surface area contributed by atoms with E-state index in [0.717, 1.165) is 31.9 Å². The molecule has 1 amide bonds. The maximum atomic E-state index is 12.1. The van der Waals surface area contributed by atoms with Crippen molar-refractivity contribution in [3.63, 3.8) is 0 Å². The Morgan fingerprint density at radius 3 is 2.43 bits per heavy atom. The number of hydrogen-bond acceptors (Lipinski definition) is 3. The highest BCUT2D eigenvalue weighted by atomic mass is 32.2. The number of nitrogens with one attached hydrogen (secondary N) is 1. The molecule has 1 aliphatic carbocycles. The van der Waals surface area contributed by atoms with Crippen LogP contribution >= 0.6 is 0 Å². The second-order valence-electron chi connectivity index (χ2n) is 5.89. The summed E-state index contributed by atoms with van der Waals surface area (Å²) in [7, 11) is -3.35. The number of sulfone groups is 1. The summed E-state index contributed by atoms with van der Waals surface area (Å²) in [5.41, 5.74) is 1.22. The van der Waals surface area contributed by atoms with Gasteiger partial charge in [-0.3, -0.25) is 4.79 Å². The fourth-order valence-electron chi connectivity index (χ4n) is 2.90. The van der Waals surface area contributed by atoms with E-state index in [1.165, 1.54) is 12.5 Å². The third-order valence-electron chi connectivity index (χ3n) is 4.33. The second-order valence-corrected chi connectivity index (χ2v) is 8.25. The van der Waals surface area contributed by atoms with Crippen LogP contribution in [-0.4, -0.2) is 31.9 Å². The van der Waals surface area contributed by atoms with Gasteiger partial charge in [0, 0.05) is 18.2 Å². The SMILES string of the molecule is C[C@H](C(=O)N[C@H]1CCCC[C@H]1c1ccccc1)S(C)(=O)=O. The lowest BCUT2D eigenvalue weighted by atomic mass is 9.80. The first kappa shape index (κ1) is 16.0. The highest BCUT2D eigenvalue weighted by Gasteiger charge is 2.31. The van der Waals surface area contributed by atoms with Gasteiger partial charge in [-0.15, -0.1) is 0 Å². The first-order chi connectivity index (χ1) is 9.89. The number of carbonyl (C=O) groups is 1. The van der Waals surface area contributed by atoms with E-state index >= 15 is 0 Å². The average Bonchev–Trinajstić information content (AvgIpc) is 2.47. The van der Waals surface area contributed by atoms with E-state index in [9.17, 15) is 13.2 Å². The molecule has 1 N–H and O–H groups in total. The van der Waals surface area contributed by atoms with Gasteiger partial charge in [0.25, 0.3) is 0 Å². The minimum Gasteiger partial charge on any atom is -0.352 e. The largest absolute Gasteiger partial charge is 0.352 e. The van der Waals surface area contributed by atoms with Crippen molar-refractivity contribution >= 4 is 15.7 Å². The van der Waals surface area contributed by atoms with E-state index in [2.05, 4.69) is 17.4 Å². The molecule has 1 fully saturated rings. The predicted octanol–water partition coefficient (Wildman–Crippen LogP) is 2.26. The average molecular weight is 309 g/mol. The summed E-state index contributed by atoms with van der Waals surface area (Å²) in [5, 5.41) is 1.97. The van der Waals surface area contributed by atoms with Gasteiger partial charge in [-0.25, -0.2) is 8.42 Å². The molecule has 116 valence electrons. The minimum atomic E-state index is -3.35. The first-order valence-corrected chi connectivity index (χ1v) is 9.39. The van der Waals surface area contributed by atoms with Gasteiger partial charge >= 0.3 is 0 Å². The van der Waals surface area contributed by atoms with Crippen molar-refractivity contribution in [3.05, 3.63) is 35.9 Å². The number of hydrogen-bond donors (Lipinski definition) is 1. The van der Waals surface area contributed by atoms with Crippen molar-refractivity contribution in [2.75, 3.05) is 6.26 Å². The summed E-state index contributed by atoms with van der Waals surface area (Å²) in [5.74, 6) is -0.110. The van der Waals surface area contributed by atoms with Gasteiger partial charge in [0.05, 0.1) is 0 Å². The summed E-state index contributed by atoms with van der Waals surface area (Å²) in [4.78, 5) is 12.1. The number of carbonyl (C=O) groups excluding carboxylic acids is 1. The van der Waals surface area contributed by atoms with Crippen molar-refractivity contribution in [3.8, 4) is 0 Å².